The van der Waals surface area contributed by atoms with Crippen LogP contribution in [0.25, 0.3) is 0 Å². The van der Waals surface area contributed by atoms with Gasteiger partial charge < -0.3 is 60.7 Å². The first-order valence-corrected chi connectivity index (χ1v) is 27.3. The van der Waals surface area contributed by atoms with Crippen LogP contribution >= 0.6 is 0 Å². The Labute approximate surface area is 464 Å². The molecule has 0 aromatic rings. The van der Waals surface area contributed by atoms with Crippen molar-refractivity contribution in [2.75, 3.05) is 62.4 Å². The molecule has 1 aliphatic rings. The van der Waals surface area contributed by atoms with Crippen molar-refractivity contribution in [3.8, 4) is 0 Å². The number of aliphatic hydroxyl groups excluding tert-OH is 1. The number of hydrogen-bond acceptors (Lipinski definition) is 12. The maximum absolute atomic E-state index is 15.0. The zero-order chi connectivity index (χ0) is 60.5. The highest BCUT2D eigenvalue weighted by molar-refractivity contribution is 5.99. The predicted octanol–water partition coefficient (Wildman–Crippen LogP) is 0.828. The van der Waals surface area contributed by atoms with E-state index in [9.17, 15) is 53.1 Å². The number of carbonyl (C=O) groups excluding carboxylic acids is 11. The van der Waals surface area contributed by atoms with Crippen LogP contribution in [0.1, 0.15) is 123 Å². The van der Waals surface area contributed by atoms with Crippen molar-refractivity contribution in [3.05, 3.63) is 12.2 Å². The fraction of sp³-hybridized carbons (Fsp3) is 0.764. The lowest BCUT2D eigenvalue weighted by Crippen LogP contribution is -2.63. The maximum atomic E-state index is 15.0. The third kappa shape index (κ3) is 19.1. The van der Waals surface area contributed by atoms with Gasteiger partial charge in [0, 0.05) is 49.3 Å². The number of allylic oxidation sites excluding steroid dienone is 2. The molecule has 1 saturated heterocycles. The molecular formula is C55H97N11O12. The molecule has 0 bridgehead atoms. The summed E-state index contributed by atoms with van der Waals surface area (Å²) in [6, 6.07) is -11.1. The van der Waals surface area contributed by atoms with Crippen LogP contribution in [-0.4, -0.2) is 227 Å². The molecular weight excluding hydrogens is 1010 g/mol. The molecule has 0 unspecified atom stereocenters. The van der Waals surface area contributed by atoms with Gasteiger partial charge in [0.05, 0.1) is 19.2 Å². The molecule has 0 aliphatic carbocycles. The molecule has 444 valence electrons. The van der Waals surface area contributed by atoms with Gasteiger partial charge in [-0.25, -0.2) is 0 Å². The lowest BCUT2D eigenvalue weighted by Gasteiger charge is -2.41. The summed E-state index contributed by atoms with van der Waals surface area (Å²) in [5.41, 5.74) is 0. The number of hydrogen-bond donors (Lipinski definition) is 5. The van der Waals surface area contributed by atoms with E-state index in [1.165, 1.54) is 84.8 Å². The van der Waals surface area contributed by atoms with Gasteiger partial charge in [-0.05, 0) is 83.0 Å². The van der Waals surface area contributed by atoms with Gasteiger partial charge in [0.15, 0.2) is 0 Å². The summed E-state index contributed by atoms with van der Waals surface area (Å²) in [6.07, 6.45) is 2.73. The minimum absolute atomic E-state index is 0.0253. The fourth-order valence-electron chi connectivity index (χ4n) is 9.28. The quantitative estimate of drug-likeness (QED) is 0.180. The average Bonchev–Trinajstić information content (AvgIpc) is 3.36. The third-order valence-corrected chi connectivity index (χ3v) is 14.5. The molecule has 0 aromatic carbocycles. The Hall–Kier alpha value is -6.13. The summed E-state index contributed by atoms with van der Waals surface area (Å²) in [6.45, 7) is 22.6. The van der Waals surface area contributed by atoms with Crippen LogP contribution in [0.5, 0.6) is 0 Å². The number of aliphatic hydroxyl groups is 1. The lowest BCUT2D eigenvalue weighted by atomic mass is 9.91. The standard InChI is InChI=1S/C55H97N11O12/c1-22-24-25-34(11)46(69)45-49(72)58-38(23-2)51(74)61(16)29-42(68)62(17)37(14)48(71)59-43(32(7)8)54(77)60(15)28-41(67)56-35(12)47(70)57-36(13)50(73)63(18)39(26-30(3)4)52(75)64(19)40(27-31(5)6)53(76)65(20)44(33(9)10)55(78)66(45)21/h22,24,30-40,43-46,69H,23,25-29H2,1-21H3,(H,56,67)(H,57,70)(H,58,72)(H,59,71)/b24-22+/t34-,35+,36-,37+,38+,39+,40-,43+,44+,45+,46-/m1/s1. The van der Waals surface area contributed by atoms with Crippen LogP contribution in [0.15, 0.2) is 12.2 Å². The molecule has 1 rings (SSSR count). The van der Waals surface area contributed by atoms with E-state index in [2.05, 4.69) is 21.3 Å². The highest BCUT2D eigenvalue weighted by atomic mass is 16.3. The van der Waals surface area contributed by atoms with Crippen LogP contribution in [0.4, 0.5) is 0 Å². The van der Waals surface area contributed by atoms with Crippen molar-refractivity contribution in [3.63, 3.8) is 0 Å². The minimum Gasteiger partial charge on any atom is -0.390 e. The van der Waals surface area contributed by atoms with Crippen molar-refractivity contribution in [2.24, 2.45) is 29.6 Å². The van der Waals surface area contributed by atoms with Gasteiger partial charge in [0.2, 0.25) is 65.0 Å². The molecule has 1 aliphatic heterocycles. The summed E-state index contributed by atoms with van der Waals surface area (Å²) < 4.78 is 0. The van der Waals surface area contributed by atoms with Gasteiger partial charge in [0.25, 0.3) is 0 Å². The Bertz CT molecular complexity index is 2150. The monoisotopic (exact) mass is 1100 g/mol. The van der Waals surface area contributed by atoms with Crippen LogP contribution in [0.2, 0.25) is 0 Å². The molecule has 23 nitrogen and oxygen atoms in total. The van der Waals surface area contributed by atoms with E-state index in [-0.39, 0.29) is 31.1 Å². The number of nitrogens with zero attached hydrogens (tertiary/aromatic N) is 7. The Morgan fingerprint density at radius 3 is 1.49 bits per heavy atom. The molecule has 23 heteroatoms. The number of nitrogens with one attached hydrogen (secondary N) is 4. The lowest BCUT2D eigenvalue weighted by molar-refractivity contribution is -0.157. The predicted molar refractivity (Wildman–Crippen MR) is 296 cm³/mol. The zero-order valence-electron chi connectivity index (χ0n) is 50.6. The number of rotatable bonds is 11. The number of amides is 11. The van der Waals surface area contributed by atoms with Crippen molar-refractivity contribution >= 4 is 65.0 Å². The Morgan fingerprint density at radius 2 is 1.01 bits per heavy atom. The van der Waals surface area contributed by atoms with Gasteiger partial charge in [-0.15, -0.1) is 0 Å². The Balaban J connectivity index is 4.12. The topological polar surface area (TPSA) is 279 Å². The van der Waals surface area contributed by atoms with Crippen LogP contribution in [0.3, 0.4) is 0 Å². The normalized spacial score (nSPS) is 27.1. The van der Waals surface area contributed by atoms with Crippen LogP contribution in [-0.2, 0) is 52.7 Å². The molecule has 1 fully saturated rings. The van der Waals surface area contributed by atoms with Gasteiger partial charge in [-0.1, -0.05) is 81.4 Å². The smallest absolute Gasteiger partial charge is 0.246 e. The first-order valence-electron chi connectivity index (χ1n) is 27.3. The van der Waals surface area contributed by atoms with Crippen LogP contribution < -0.4 is 21.3 Å². The van der Waals surface area contributed by atoms with E-state index in [1.54, 1.807) is 60.6 Å². The second-order valence-electron chi connectivity index (χ2n) is 22.8. The first-order chi connectivity index (χ1) is 36.0. The van der Waals surface area contributed by atoms with Crippen LogP contribution in [0, 0.1) is 29.6 Å². The van der Waals surface area contributed by atoms with E-state index in [0.717, 1.165) is 19.6 Å². The van der Waals surface area contributed by atoms with Crippen molar-refractivity contribution < 1.29 is 57.8 Å². The van der Waals surface area contributed by atoms with Gasteiger partial charge in [-0.3, -0.25) is 52.7 Å². The number of carbonyl (C=O) groups is 11. The SMILES string of the molecule is C/C=C/C[C@@H](C)[C@@H](O)[C@H]1C(=O)N[C@@H](CC)C(=O)N(C)CC(=O)N(C)[C@@H](C)C(=O)N[C@@H](C(C)C)C(=O)N(C)CC(=O)N[C@@H](C)C(=O)N[C@H](C)C(=O)N(C)[C@@H](CC(C)C)C(=O)N(C)[C@H](CC(C)C)C(=O)N(C)[C@@H](C(C)C)C(=O)N1C. The van der Waals surface area contributed by atoms with E-state index in [4.69, 9.17) is 0 Å². The second kappa shape index (κ2) is 31.5. The Morgan fingerprint density at radius 1 is 0.526 bits per heavy atom. The summed E-state index contributed by atoms with van der Waals surface area (Å²) in [5.74, 6) is -9.60. The highest BCUT2D eigenvalue weighted by Gasteiger charge is 2.45. The molecule has 0 spiro atoms. The molecule has 1 heterocycles. The van der Waals surface area contributed by atoms with Gasteiger partial charge in [0.1, 0.15) is 54.4 Å². The van der Waals surface area contributed by atoms with E-state index >= 15 is 4.79 Å². The molecule has 11 atom stereocenters. The zero-order valence-corrected chi connectivity index (χ0v) is 50.6. The van der Waals surface area contributed by atoms with E-state index in [1.807, 2.05) is 27.7 Å². The molecule has 5 N–H and O–H groups in total. The van der Waals surface area contributed by atoms with E-state index < -0.39 is 156 Å². The maximum Gasteiger partial charge on any atom is 0.246 e. The average molecular weight is 1100 g/mol. The van der Waals surface area contributed by atoms with Gasteiger partial charge >= 0.3 is 0 Å². The second-order valence-corrected chi connectivity index (χ2v) is 22.8. The molecule has 0 radical (unpaired) electrons. The molecule has 78 heavy (non-hydrogen) atoms. The molecule has 0 saturated carbocycles. The summed E-state index contributed by atoms with van der Waals surface area (Å²) in [7, 11) is 9.68. The Kier molecular flexibility index (Phi) is 28.2. The third-order valence-electron chi connectivity index (χ3n) is 14.5. The van der Waals surface area contributed by atoms with Crippen molar-refractivity contribution in [1.29, 1.82) is 0 Å². The summed E-state index contributed by atoms with van der Waals surface area (Å²) >= 11 is 0. The summed E-state index contributed by atoms with van der Waals surface area (Å²) in [5, 5.41) is 22.5. The van der Waals surface area contributed by atoms with Crippen molar-refractivity contribution in [1.82, 2.24) is 55.6 Å². The van der Waals surface area contributed by atoms with Gasteiger partial charge in [-0.2, -0.15) is 0 Å². The number of likely N-dealkylation sites (N-methyl/N-ethyl adjacent to an activating group) is 7. The van der Waals surface area contributed by atoms with E-state index in [0.29, 0.717) is 6.42 Å². The largest absolute Gasteiger partial charge is 0.390 e. The molecule has 0 aromatic heterocycles. The molecule has 11 amide bonds. The fourth-order valence-corrected chi connectivity index (χ4v) is 9.28. The first kappa shape index (κ1) is 69.9. The highest BCUT2D eigenvalue weighted by Crippen LogP contribution is 2.25. The minimum atomic E-state index is -1.60. The van der Waals surface area contributed by atoms with Crippen molar-refractivity contribution in [2.45, 2.75) is 183 Å². The summed E-state index contributed by atoms with van der Waals surface area (Å²) in [4.78, 5) is 164.